The van der Waals surface area contributed by atoms with E-state index in [0.29, 0.717) is 6.61 Å². The molecule has 2 N–H and O–H groups in total. The van der Waals surface area contributed by atoms with Crippen molar-refractivity contribution < 1.29 is 19.7 Å². The first-order valence-corrected chi connectivity index (χ1v) is 21.5. The molecule has 8 heteroatoms. The number of fused-ring (bicyclic) bond motifs is 1. The molecule has 0 saturated heterocycles. The van der Waals surface area contributed by atoms with Crippen LogP contribution in [0.5, 0.6) is 0 Å². The fourth-order valence-electron chi connectivity index (χ4n) is 6.82. The maximum atomic E-state index is 11.8. The van der Waals surface area contributed by atoms with Gasteiger partial charge in [0.2, 0.25) is 0 Å². The van der Waals surface area contributed by atoms with Crippen LogP contribution in [0.2, 0.25) is 0 Å². The van der Waals surface area contributed by atoms with Gasteiger partial charge in [0.25, 0.3) is 0 Å². The molecule has 0 spiro atoms. The van der Waals surface area contributed by atoms with Crippen LogP contribution in [-0.2, 0) is 57.9 Å². The molecule has 0 fully saturated rings. The van der Waals surface area contributed by atoms with Crippen molar-refractivity contribution in [2.45, 2.75) is 62.3 Å². The van der Waals surface area contributed by atoms with E-state index in [1.165, 1.54) is 38.6 Å². The summed E-state index contributed by atoms with van der Waals surface area (Å²) in [7, 11) is 7.44. The second-order valence-corrected chi connectivity index (χ2v) is 17.5. The van der Waals surface area contributed by atoms with Gasteiger partial charge in [0.1, 0.15) is 6.79 Å². The van der Waals surface area contributed by atoms with E-state index in [1.807, 2.05) is 55.3 Å². The predicted molar refractivity (Wildman–Crippen MR) is 213 cm³/mol. The maximum Gasteiger partial charge on any atom is 0.190 e. The molecular weight excluding hydrogens is 685 g/mol. The van der Waals surface area contributed by atoms with Crippen LogP contribution in [0.4, 0.5) is 0 Å². The zero-order chi connectivity index (χ0) is 33.8. The Morgan fingerprint density at radius 3 is 2.31 bits per heavy atom. The number of ether oxygens (including phenoxy) is 2. The molecule has 4 heterocycles. The molecule has 4 aliphatic heterocycles. The van der Waals surface area contributed by atoms with E-state index >= 15 is 0 Å². The van der Waals surface area contributed by atoms with Crippen molar-refractivity contribution in [3.8, 4) is 0 Å². The van der Waals surface area contributed by atoms with E-state index in [0.717, 1.165) is 67.7 Å². The predicted octanol–water partition coefficient (Wildman–Crippen LogP) is 11.0. The average molecular weight is 725 g/mol. The van der Waals surface area contributed by atoms with Crippen LogP contribution in [-0.4, -0.2) is 17.0 Å². The molecule has 1 unspecified atom stereocenters. The van der Waals surface area contributed by atoms with Crippen molar-refractivity contribution in [1.82, 2.24) is 0 Å². The highest BCUT2D eigenvalue weighted by atomic mass is 33.1. The molecule has 4 aliphatic rings. The van der Waals surface area contributed by atoms with Gasteiger partial charge in [0, 0.05) is 28.6 Å². The fourth-order valence-corrected chi connectivity index (χ4v) is 11.1. The molecule has 0 aromatic heterocycles. The van der Waals surface area contributed by atoms with Crippen LogP contribution in [0.3, 0.4) is 0 Å². The van der Waals surface area contributed by atoms with Gasteiger partial charge in [0.05, 0.1) is 13.2 Å². The zero-order valence-corrected chi connectivity index (χ0v) is 31.0. The van der Waals surface area contributed by atoms with Gasteiger partial charge >= 0.3 is 0 Å². The van der Waals surface area contributed by atoms with Crippen LogP contribution >= 0.6 is 43.2 Å². The van der Waals surface area contributed by atoms with Crippen LogP contribution in [0.1, 0.15) is 58.4 Å². The Bertz CT molecular complexity index is 2110. The molecule has 4 nitrogen and oxygen atoms in total. The molecular formula is C41H40O4S4. The SMILES string of the molecule is CCc1cccc2c(CSSCc3cc4c5c(COCO)cc(cc5c3)CSSCc3ccc5c(cccc5c3)C(C)(O)OC4)cccc12. The third-order valence-electron chi connectivity index (χ3n) is 9.18. The van der Waals surface area contributed by atoms with E-state index in [1.54, 1.807) is 6.92 Å². The smallest absolute Gasteiger partial charge is 0.190 e. The largest absolute Gasteiger partial charge is 0.371 e. The first-order chi connectivity index (χ1) is 23.9. The van der Waals surface area contributed by atoms with E-state index in [-0.39, 0.29) is 13.4 Å². The molecule has 6 aromatic rings. The van der Waals surface area contributed by atoms with Crippen molar-refractivity contribution >= 4 is 75.5 Å². The minimum Gasteiger partial charge on any atom is -0.371 e. The highest BCUT2D eigenvalue weighted by molar-refractivity contribution is 8.76. The lowest BCUT2D eigenvalue weighted by atomic mass is 9.95. The minimum atomic E-state index is -1.51. The quantitative estimate of drug-likeness (QED) is 0.0868. The van der Waals surface area contributed by atoms with E-state index in [4.69, 9.17) is 9.47 Å². The number of rotatable bonds is 9. The highest BCUT2D eigenvalue weighted by Crippen LogP contribution is 2.39. The topological polar surface area (TPSA) is 58.9 Å². The van der Waals surface area contributed by atoms with Crippen molar-refractivity contribution in [3.05, 3.63) is 142 Å². The monoisotopic (exact) mass is 724 g/mol. The number of aryl methyl sites for hydroxylation is 1. The summed E-state index contributed by atoms with van der Waals surface area (Å²) in [5, 5.41) is 28.3. The van der Waals surface area contributed by atoms with Gasteiger partial charge in [-0.05, 0) is 84.6 Å². The second kappa shape index (κ2) is 15.7. The molecule has 10 rings (SSSR count). The number of aliphatic hydroxyl groups is 2. The summed E-state index contributed by atoms with van der Waals surface area (Å²) in [6.07, 6.45) is 1.03. The number of aliphatic hydroxyl groups excluding tert-OH is 1. The lowest BCUT2D eigenvalue weighted by molar-refractivity contribution is -0.205. The summed E-state index contributed by atoms with van der Waals surface area (Å²) >= 11 is 0. The third-order valence-corrected chi connectivity index (χ3v) is 13.7. The summed E-state index contributed by atoms with van der Waals surface area (Å²) < 4.78 is 12.0. The molecule has 8 bridgehead atoms. The Morgan fingerprint density at radius 2 is 1.49 bits per heavy atom. The maximum absolute atomic E-state index is 11.8. The summed E-state index contributed by atoms with van der Waals surface area (Å²) in [5.74, 6) is 1.98. The number of hydrogen-bond donors (Lipinski definition) is 2. The Hall–Kier alpha value is -2.66. The molecule has 252 valence electrons. The Kier molecular flexibility index (Phi) is 11.1. The molecule has 49 heavy (non-hydrogen) atoms. The van der Waals surface area contributed by atoms with Gasteiger partial charge in [-0.15, -0.1) is 0 Å². The highest BCUT2D eigenvalue weighted by Gasteiger charge is 2.27. The average Bonchev–Trinajstić information content (AvgIpc) is 3.12. The van der Waals surface area contributed by atoms with E-state index < -0.39 is 5.79 Å². The van der Waals surface area contributed by atoms with Gasteiger partial charge in [-0.1, -0.05) is 147 Å². The number of hydrogen-bond acceptors (Lipinski definition) is 8. The summed E-state index contributed by atoms with van der Waals surface area (Å²) in [6.45, 7) is 4.12. The van der Waals surface area contributed by atoms with Crippen molar-refractivity contribution in [2.75, 3.05) is 6.79 Å². The van der Waals surface area contributed by atoms with Gasteiger partial charge in [-0.2, -0.15) is 0 Å². The van der Waals surface area contributed by atoms with Crippen molar-refractivity contribution in [2.24, 2.45) is 0 Å². The summed E-state index contributed by atoms with van der Waals surface area (Å²) in [4.78, 5) is 0. The first-order valence-electron chi connectivity index (χ1n) is 16.6. The molecule has 0 radical (unpaired) electrons. The molecule has 6 aromatic carbocycles. The molecule has 0 aliphatic carbocycles. The summed E-state index contributed by atoms with van der Waals surface area (Å²) in [5.41, 5.74) is 9.19. The Balaban J connectivity index is 1.21. The molecule has 1 atom stereocenters. The van der Waals surface area contributed by atoms with Gasteiger partial charge in [0.15, 0.2) is 5.79 Å². The molecule has 0 saturated carbocycles. The lowest BCUT2D eigenvalue weighted by Crippen LogP contribution is -2.25. The normalized spacial score (nSPS) is 16.8. The van der Waals surface area contributed by atoms with Gasteiger partial charge in [-0.3, -0.25) is 0 Å². The van der Waals surface area contributed by atoms with Crippen molar-refractivity contribution in [3.63, 3.8) is 0 Å². The van der Waals surface area contributed by atoms with E-state index in [2.05, 4.69) is 91.9 Å². The zero-order valence-electron chi connectivity index (χ0n) is 27.7. The second-order valence-electron chi connectivity index (χ2n) is 12.5. The first kappa shape index (κ1) is 34.8. The van der Waals surface area contributed by atoms with E-state index in [9.17, 15) is 10.2 Å². The summed E-state index contributed by atoms with van der Waals surface area (Å²) in [6, 6.07) is 34.8. The molecule has 0 amide bonds. The Morgan fingerprint density at radius 1 is 0.755 bits per heavy atom. The lowest BCUT2D eigenvalue weighted by Gasteiger charge is -2.27. The van der Waals surface area contributed by atoms with Crippen LogP contribution < -0.4 is 0 Å². The third kappa shape index (κ3) is 7.82. The van der Waals surface area contributed by atoms with Crippen molar-refractivity contribution in [1.29, 1.82) is 0 Å². The standard InChI is InChI=1S/C41H40O4S4/c1-3-30-7-4-11-37-32(9-5-10-36(30)37)25-49-48-24-29-17-33-16-28-18-34(20-44-26-42)40(33)35(19-29)21-45-41(2,43)39-12-6-8-31-15-27(13-14-38(31)39)22-46-47-23-28/h4-19,42-43H,3,20-26H2,1-2H3. The van der Waals surface area contributed by atoms with Crippen LogP contribution in [0.15, 0.2) is 97.1 Å². The minimum absolute atomic E-state index is 0.218. The van der Waals surface area contributed by atoms with Crippen LogP contribution in [0, 0.1) is 0 Å². The van der Waals surface area contributed by atoms with Gasteiger partial charge in [-0.25, -0.2) is 0 Å². The fraction of sp³-hybridized carbons (Fsp3) is 0.268. The Labute approximate surface area is 304 Å². The number of benzene rings is 6. The van der Waals surface area contributed by atoms with Gasteiger partial charge < -0.3 is 19.7 Å². The van der Waals surface area contributed by atoms with Crippen LogP contribution in [0.25, 0.3) is 32.3 Å².